The van der Waals surface area contributed by atoms with Gasteiger partial charge in [0.15, 0.2) is 0 Å². The third kappa shape index (κ3) is 4.62. The van der Waals surface area contributed by atoms with Crippen LogP contribution in [0.5, 0.6) is 0 Å². The number of aromatic nitrogens is 2. The van der Waals surface area contributed by atoms with Crippen LogP contribution in [0, 0.1) is 19.8 Å². The van der Waals surface area contributed by atoms with Gasteiger partial charge in [0, 0.05) is 36.3 Å². The summed E-state index contributed by atoms with van der Waals surface area (Å²) in [5.74, 6) is 1.07. The Morgan fingerprint density at radius 1 is 0.931 bits per heavy atom. The minimum absolute atomic E-state index is 0.0333. The number of piperidine rings is 1. The van der Waals surface area contributed by atoms with E-state index in [1.54, 1.807) is 6.33 Å². The molecule has 1 saturated heterocycles. The molecule has 0 saturated carbocycles. The molecule has 5 nitrogen and oxygen atoms in total. The number of benzene rings is 2. The molecule has 0 radical (unpaired) electrons. The van der Waals surface area contributed by atoms with Crippen molar-refractivity contribution in [1.82, 2.24) is 9.97 Å². The first-order chi connectivity index (χ1) is 14.1. The van der Waals surface area contributed by atoms with Gasteiger partial charge in [-0.05, 0) is 38.8 Å². The van der Waals surface area contributed by atoms with Crippen LogP contribution in [0.1, 0.15) is 24.0 Å². The van der Waals surface area contributed by atoms with Crippen molar-refractivity contribution in [2.24, 2.45) is 5.92 Å². The fraction of sp³-hybridized carbons (Fsp3) is 0.292. The van der Waals surface area contributed by atoms with Crippen molar-refractivity contribution in [3.05, 3.63) is 72.1 Å². The molecule has 0 unspecified atom stereocenters. The van der Waals surface area contributed by atoms with Crippen molar-refractivity contribution < 1.29 is 4.79 Å². The smallest absolute Gasteiger partial charge is 0.227 e. The first-order valence-corrected chi connectivity index (χ1v) is 10.1. The van der Waals surface area contributed by atoms with Crippen LogP contribution in [0.25, 0.3) is 11.3 Å². The third-order valence-electron chi connectivity index (χ3n) is 5.51. The van der Waals surface area contributed by atoms with Gasteiger partial charge in [-0.3, -0.25) is 4.79 Å². The van der Waals surface area contributed by atoms with Gasteiger partial charge < -0.3 is 10.2 Å². The molecule has 0 atom stereocenters. The molecule has 0 spiro atoms. The van der Waals surface area contributed by atoms with Crippen molar-refractivity contribution in [3.63, 3.8) is 0 Å². The van der Waals surface area contributed by atoms with Crippen LogP contribution in [0.15, 0.2) is 60.9 Å². The number of aryl methyl sites for hydroxylation is 2. The summed E-state index contributed by atoms with van der Waals surface area (Å²) in [6.45, 7) is 5.75. The van der Waals surface area contributed by atoms with Crippen LogP contribution >= 0.6 is 0 Å². The maximum absolute atomic E-state index is 12.6. The second-order valence-electron chi connectivity index (χ2n) is 7.74. The summed E-state index contributed by atoms with van der Waals surface area (Å²) in [5.41, 5.74) is 5.29. The molecular weight excluding hydrogens is 360 g/mol. The number of hydrogen-bond donors (Lipinski definition) is 1. The van der Waals surface area contributed by atoms with Crippen LogP contribution in [0.4, 0.5) is 11.5 Å². The van der Waals surface area contributed by atoms with Gasteiger partial charge in [-0.1, -0.05) is 47.5 Å². The minimum atomic E-state index is 0.0333. The molecule has 1 aliphatic heterocycles. The molecule has 4 rings (SSSR count). The average Bonchev–Trinajstić information content (AvgIpc) is 2.76. The fourth-order valence-electron chi connectivity index (χ4n) is 3.65. The highest BCUT2D eigenvalue weighted by Gasteiger charge is 2.26. The van der Waals surface area contributed by atoms with Gasteiger partial charge in [0.2, 0.25) is 5.91 Å². The summed E-state index contributed by atoms with van der Waals surface area (Å²) in [5, 5.41) is 3.05. The number of anilines is 2. The summed E-state index contributed by atoms with van der Waals surface area (Å²) in [7, 11) is 0. The standard InChI is InChI=1S/C24H26N4O/c1-17-3-7-19(8-4-17)22-15-23(26-16-25-22)28-13-11-20(12-14-28)24(29)27-21-9-5-18(2)6-10-21/h3-10,15-16,20H,11-14H2,1-2H3,(H,27,29). The van der Waals surface area contributed by atoms with E-state index in [0.29, 0.717) is 0 Å². The van der Waals surface area contributed by atoms with E-state index in [0.717, 1.165) is 48.7 Å². The number of carbonyl (C=O) groups excluding carboxylic acids is 1. The minimum Gasteiger partial charge on any atom is -0.356 e. The Balaban J connectivity index is 1.38. The van der Waals surface area contributed by atoms with E-state index in [4.69, 9.17) is 0 Å². The lowest BCUT2D eigenvalue weighted by Crippen LogP contribution is -2.38. The molecule has 2 heterocycles. The van der Waals surface area contributed by atoms with Crippen LogP contribution in [-0.4, -0.2) is 29.0 Å². The van der Waals surface area contributed by atoms with Crippen LogP contribution in [-0.2, 0) is 4.79 Å². The predicted octanol–water partition coefficient (Wildman–Crippen LogP) is 4.62. The summed E-state index contributed by atoms with van der Waals surface area (Å²) in [6.07, 6.45) is 3.27. The molecule has 148 valence electrons. The van der Waals surface area contributed by atoms with E-state index in [9.17, 15) is 4.79 Å². The zero-order valence-electron chi connectivity index (χ0n) is 16.9. The Morgan fingerprint density at radius 2 is 1.55 bits per heavy atom. The zero-order chi connectivity index (χ0) is 20.2. The van der Waals surface area contributed by atoms with Gasteiger partial charge in [0.25, 0.3) is 0 Å². The monoisotopic (exact) mass is 386 g/mol. The lowest BCUT2D eigenvalue weighted by Gasteiger charge is -2.32. The van der Waals surface area contributed by atoms with Crippen molar-refractivity contribution in [1.29, 1.82) is 0 Å². The Kier molecular flexibility index (Phi) is 5.56. The predicted molar refractivity (Wildman–Crippen MR) is 117 cm³/mol. The molecule has 3 aromatic rings. The Hall–Kier alpha value is -3.21. The lowest BCUT2D eigenvalue weighted by molar-refractivity contribution is -0.120. The number of nitrogens with one attached hydrogen (secondary N) is 1. The van der Waals surface area contributed by atoms with E-state index in [-0.39, 0.29) is 11.8 Å². The highest BCUT2D eigenvalue weighted by Crippen LogP contribution is 2.26. The van der Waals surface area contributed by atoms with Crippen LogP contribution in [0.3, 0.4) is 0 Å². The van der Waals surface area contributed by atoms with E-state index in [1.807, 2.05) is 37.3 Å². The molecule has 1 N–H and O–H groups in total. The Bertz CT molecular complexity index is 975. The number of hydrogen-bond acceptors (Lipinski definition) is 4. The van der Waals surface area contributed by atoms with Gasteiger partial charge in [0.05, 0.1) is 5.69 Å². The van der Waals surface area contributed by atoms with Gasteiger partial charge in [-0.15, -0.1) is 0 Å². The number of rotatable bonds is 4. The second kappa shape index (κ2) is 8.43. The molecule has 29 heavy (non-hydrogen) atoms. The quantitative estimate of drug-likeness (QED) is 0.711. The first kappa shape index (κ1) is 19.1. The highest BCUT2D eigenvalue weighted by atomic mass is 16.1. The Labute approximate surface area is 171 Å². The van der Waals surface area contributed by atoms with E-state index >= 15 is 0 Å². The lowest BCUT2D eigenvalue weighted by atomic mass is 9.95. The molecule has 2 aromatic carbocycles. The van der Waals surface area contributed by atoms with E-state index in [1.165, 1.54) is 11.1 Å². The largest absolute Gasteiger partial charge is 0.356 e. The molecule has 1 aromatic heterocycles. The van der Waals surface area contributed by atoms with Crippen LogP contribution < -0.4 is 10.2 Å². The van der Waals surface area contributed by atoms with Gasteiger partial charge >= 0.3 is 0 Å². The molecule has 1 aliphatic rings. The maximum Gasteiger partial charge on any atom is 0.227 e. The molecular formula is C24H26N4O. The van der Waals surface area contributed by atoms with E-state index in [2.05, 4.69) is 51.4 Å². The molecule has 5 heteroatoms. The second-order valence-corrected chi connectivity index (χ2v) is 7.74. The normalized spacial score (nSPS) is 14.6. The highest BCUT2D eigenvalue weighted by molar-refractivity contribution is 5.92. The first-order valence-electron chi connectivity index (χ1n) is 10.1. The van der Waals surface area contributed by atoms with Gasteiger partial charge in [0.1, 0.15) is 12.1 Å². The number of carbonyl (C=O) groups is 1. The number of amides is 1. The summed E-state index contributed by atoms with van der Waals surface area (Å²) >= 11 is 0. The topological polar surface area (TPSA) is 58.1 Å². The SMILES string of the molecule is Cc1ccc(NC(=O)C2CCN(c3cc(-c4ccc(C)cc4)ncn3)CC2)cc1. The molecule has 1 amide bonds. The molecule has 1 fully saturated rings. The van der Waals surface area contributed by atoms with Crippen molar-refractivity contribution in [3.8, 4) is 11.3 Å². The molecule has 0 aliphatic carbocycles. The van der Waals surface area contributed by atoms with Crippen molar-refractivity contribution in [2.75, 3.05) is 23.3 Å². The van der Waals surface area contributed by atoms with Gasteiger partial charge in [-0.25, -0.2) is 9.97 Å². The Morgan fingerprint density at radius 3 is 2.21 bits per heavy atom. The van der Waals surface area contributed by atoms with Gasteiger partial charge in [-0.2, -0.15) is 0 Å². The van der Waals surface area contributed by atoms with Crippen molar-refractivity contribution >= 4 is 17.4 Å². The average molecular weight is 386 g/mol. The van der Waals surface area contributed by atoms with E-state index < -0.39 is 0 Å². The summed E-state index contributed by atoms with van der Waals surface area (Å²) < 4.78 is 0. The summed E-state index contributed by atoms with van der Waals surface area (Å²) in [4.78, 5) is 23.7. The molecule has 0 bridgehead atoms. The maximum atomic E-state index is 12.6. The number of nitrogens with zero attached hydrogens (tertiary/aromatic N) is 3. The van der Waals surface area contributed by atoms with Crippen molar-refractivity contribution in [2.45, 2.75) is 26.7 Å². The zero-order valence-corrected chi connectivity index (χ0v) is 16.9. The summed E-state index contributed by atoms with van der Waals surface area (Å²) in [6, 6.07) is 18.3. The van der Waals surface area contributed by atoms with Crippen LogP contribution in [0.2, 0.25) is 0 Å². The third-order valence-corrected chi connectivity index (χ3v) is 5.51. The fourth-order valence-corrected chi connectivity index (χ4v) is 3.65.